The van der Waals surface area contributed by atoms with Crippen LogP contribution in [0.4, 0.5) is 0 Å². The Bertz CT molecular complexity index is 432. The molecule has 2 saturated carbocycles. The Balaban J connectivity index is 0.00000110. The third-order valence-corrected chi connectivity index (χ3v) is 6.30. The predicted molar refractivity (Wildman–Crippen MR) is 70.9 cm³/mol. The van der Waals surface area contributed by atoms with E-state index in [0.29, 0.717) is 17.6 Å². The van der Waals surface area contributed by atoms with E-state index in [0.717, 1.165) is 18.3 Å². The Morgan fingerprint density at radius 2 is 2.21 bits per heavy atom. The molecule has 3 heteroatoms. The topological polar surface area (TPSA) is 20.1 Å². The molecule has 0 aromatic carbocycles. The van der Waals surface area contributed by atoms with E-state index in [1.165, 1.54) is 45.1 Å². The fourth-order valence-electron chi connectivity index (χ4n) is 5.96. The molecule has 2 nitrogen and oxygen atoms in total. The van der Waals surface area contributed by atoms with Crippen LogP contribution in [0.5, 0.6) is 0 Å². The van der Waals surface area contributed by atoms with Gasteiger partial charge in [-0.2, -0.15) is 0 Å². The first-order valence-electron chi connectivity index (χ1n) is 7.84. The van der Waals surface area contributed by atoms with Crippen molar-refractivity contribution in [2.24, 2.45) is 23.7 Å². The standard InChI is InChI=1S/C16H24NO.ClH/c1-11-8-12-9-15(18)14-5-3-7-17-6-2-4-13(12)16(14,17)10-11;/h6,11-14H,2-5,7-10H2,1H3;1H/q+1;/p-1/t11-,12+,13-,14-,16-;/m1./s1. The first-order chi connectivity index (χ1) is 8.72. The fourth-order valence-corrected chi connectivity index (χ4v) is 5.96. The van der Waals surface area contributed by atoms with Gasteiger partial charge in [0.1, 0.15) is 18.5 Å². The van der Waals surface area contributed by atoms with Gasteiger partial charge in [0.05, 0.1) is 5.92 Å². The van der Waals surface area contributed by atoms with Crippen LogP contribution in [-0.4, -0.2) is 28.7 Å². The number of rotatable bonds is 0. The number of carbonyl (C=O) groups excluding carboxylic acids is 1. The maximum atomic E-state index is 12.5. The zero-order valence-electron chi connectivity index (χ0n) is 11.8. The number of Topliss-reactive ketones (excluding diaryl/α,β-unsaturated/α-hetero) is 1. The highest BCUT2D eigenvalue weighted by Gasteiger charge is 2.66. The van der Waals surface area contributed by atoms with E-state index in [1.807, 2.05) is 0 Å². The molecule has 3 fully saturated rings. The zero-order chi connectivity index (χ0) is 12.3. The van der Waals surface area contributed by atoms with Crippen molar-refractivity contribution in [2.45, 2.75) is 57.4 Å². The third-order valence-electron chi connectivity index (χ3n) is 6.30. The number of hydrogen-bond donors (Lipinski definition) is 0. The van der Waals surface area contributed by atoms with Gasteiger partial charge in [-0.25, -0.2) is 4.58 Å². The van der Waals surface area contributed by atoms with Crippen molar-refractivity contribution >= 4 is 12.0 Å². The van der Waals surface area contributed by atoms with E-state index in [4.69, 9.17) is 0 Å². The van der Waals surface area contributed by atoms with Crippen molar-refractivity contribution in [1.82, 2.24) is 0 Å². The first-order valence-corrected chi connectivity index (χ1v) is 7.84. The molecule has 0 radical (unpaired) electrons. The van der Waals surface area contributed by atoms with Crippen LogP contribution in [0, 0.1) is 23.7 Å². The van der Waals surface area contributed by atoms with Crippen molar-refractivity contribution < 1.29 is 21.8 Å². The lowest BCUT2D eigenvalue weighted by Crippen LogP contribution is -3.00. The van der Waals surface area contributed by atoms with Gasteiger partial charge in [-0.3, -0.25) is 4.79 Å². The van der Waals surface area contributed by atoms with Gasteiger partial charge in [0, 0.05) is 31.6 Å². The van der Waals surface area contributed by atoms with Crippen molar-refractivity contribution in [1.29, 1.82) is 0 Å². The Morgan fingerprint density at radius 3 is 3.05 bits per heavy atom. The second kappa shape index (κ2) is 4.58. The second-order valence-corrected chi connectivity index (χ2v) is 7.22. The molecule has 2 bridgehead atoms. The highest BCUT2D eigenvalue weighted by atomic mass is 35.5. The van der Waals surface area contributed by atoms with Crippen LogP contribution >= 0.6 is 0 Å². The smallest absolute Gasteiger partial charge is 0.175 e. The first kappa shape index (κ1) is 13.6. The van der Waals surface area contributed by atoms with Crippen LogP contribution < -0.4 is 12.4 Å². The van der Waals surface area contributed by atoms with Gasteiger partial charge in [0.2, 0.25) is 0 Å². The summed E-state index contributed by atoms with van der Waals surface area (Å²) < 4.78 is 2.63. The molecule has 106 valence electrons. The Kier molecular flexibility index (Phi) is 3.28. The predicted octanol–water partition coefficient (Wildman–Crippen LogP) is -0.349. The van der Waals surface area contributed by atoms with E-state index < -0.39 is 0 Å². The van der Waals surface area contributed by atoms with Crippen molar-refractivity contribution in [3.63, 3.8) is 0 Å². The summed E-state index contributed by atoms with van der Waals surface area (Å²) in [5, 5.41) is 0. The molecule has 5 atom stereocenters. The summed E-state index contributed by atoms with van der Waals surface area (Å²) in [7, 11) is 0. The van der Waals surface area contributed by atoms with Gasteiger partial charge in [-0.15, -0.1) is 0 Å². The molecule has 2 heterocycles. The highest BCUT2D eigenvalue weighted by molar-refractivity contribution is 5.84. The molecule has 0 aromatic rings. The van der Waals surface area contributed by atoms with Gasteiger partial charge in [-0.1, -0.05) is 6.92 Å². The number of piperidine rings is 1. The summed E-state index contributed by atoms with van der Waals surface area (Å²) in [4.78, 5) is 12.5. The molecule has 19 heavy (non-hydrogen) atoms. The molecule has 2 aliphatic heterocycles. The molecule has 0 N–H and O–H groups in total. The summed E-state index contributed by atoms with van der Waals surface area (Å²) in [6.45, 7) is 3.62. The molecular formula is C16H24ClNO. The minimum absolute atomic E-state index is 0. The van der Waals surface area contributed by atoms with E-state index in [2.05, 4.69) is 17.7 Å². The lowest BCUT2D eigenvalue weighted by molar-refractivity contribution is -0.647. The molecule has 2 aliphatic carbocycles. The maximum Gasteiger partial charge on any atom is 0.175 e. The largest absolute Gasteiger partial charge is 1.00 e. The van der Waals surface area contributed by atoms with Gasteiger partial charge in [-0.05, 0) is 31.1 Å². The molecule has 4 aliphatic rings. The molecule has 4 rings (SSSR count). The highest BCUT2D eigenvalue weighted by Crippen LogP contribution is 2.57. The number of nitrogens with zero attached hydrogens (tertiary/aromatic N) is 1. The van der Waals surface area contributed by atoms with Crippen LogP contribution in [0.1, 0.15) is 51.9 Å². The SMILES string of the molecule is C[C@@H]1C[C@H]2CC(=O)[C@H]3CCC[N+]4=CCC[C@H]2[C@]34C1.[Cl-]. The maximum absolute atomic E-state index is 12.5. The lowest BCUT2D eigenvalue weighted by atomic mass is 9.49. The quantitative estimate of drug-likeness (QED) is 0.556. The average Bonchev–Trinajstić information content (AvgIpc) is 2.33. The van der Waals surface area contributed by atoms with Crippen LogP contribution in [-0.2, 0) is 4.79 Å². The van der Waals surface area contributed by atoms with Crippen molar-refractivity contribution in [2.75, 3.05) is 6.54 Å². The Hall–Kier alpha value is -0.370. The van der Waals surface area contributed by atoms with Crippen LogP contribution in [0.25, 0.3) is 0 Å². The molecule has 0 aromatic heterocycles. The molecule has 1 spiro atoms. The normalized spacial score (nSPS) is 47.8. The zero-order valence-corrected chi connectivity index (χ0v) is 12.5. The molecule has 1 saturated heterocycles. The van der Waals surface area contributed by atoms with Gasteiger partial charge < -0.3 is 12.4 Å². The fraction of sp³-hybridized carbons (Fsp3) is 0.875. The summed E-state index contributed by atoms with van der Waals surface area (Å²) in [6, 6.07) is 0. The molecule has 0 amide bonds. The van der Waals surface area contributed by atoms with Crippen LogP contribution in [0.2, 0.25) is 0 Å². The minimum atomic E-state index is 0. The number of halogens is 1. The van der Waals surface area contributed by atoms with Crippen molar-refractivity contribution in [3.05, 3.63) is 0 Å². The second-order valence-electron chi connectivity index (χ2n) is 7.22. The Morgan fingerprint density at radius 1 is 1.37 bits per heavy atom. The lowest BCUT2D eigenvalue weighted by Gasteiger charge is -2.56. The third kappa shape index (κ3) is 1.68. The van der Waals surface area contributed by atoms with E-state index in [-0.39, 0.29) is 17.9 Å². The average molecular weight is 282 g/mol. The number of ketones is 1. The van der Waals surface area contributed by atoms with Gasteiger partial charge >= 0.3 is 0 Å². The van der Waals surface area contributed by atoms with Crippen molar-refractivity contribution in [3.8, 4) is 0 Å². The minimum Gasteiger partial charge on any atom is -1.00 e. The van der Waals surface area contributed by atoms with E-state index in [1.54, 1.807) is 0 Å². The van der Waals surface area contributed by atoms with Crippen LogP contribution in [0.15, 0.2) is 0 Å². The summed E-state index contributed by atoms with van der Waals surface area (Å²) in [5.74, 6) is 3.30. The molecule has 0 unspecified atom stereocenters. The van der Waals surface area contributed by atoms with Gasteiger partial charge in [0.25, 0.3) is 0 Å². The summed E-state index contributed by atoms with van der Waals surface area (Å²) >= 11 is 0. The Labute approximate surface area is 122 Å². The summed E-state index contributed by atoms with van der Waals surface area (Å²) in [5.41, 5.74) is 0.258. The molecular weight excluding hydrogens is 258 g/mol. The van der Waals surface area contributed by atoms with Crippen LogP contribution in [0.3, 0.4) is 0 Å². The van der Waals surface area contributed by atoms with E-state index in [9.17, 15) is 4.79 Å². The number of carbonyl (C=O) groups is 1. The van der Waals surface area contributed by atoms with E-state index >= 15 is 0 Å². The summed E-state index contributed by atoms with van der Waals surface area (Å²) in [6.07, 6.45) is 10.9. The monoisotopic (exact) mass is 281 g/mol. The number of hydrogen-bond acceptors (Lipinski definition) is 1. The van der Waals surface area contributed by atoms with Gasteiger partial charge in [0.15, 0.2) is 5.54 Å².